The van der Waals surface area contributed by atoms with Gasteiger partial charge in [0.15, 0.2) is 0 Å². The van der Waals surface area contributed by atoms with Crippen LogP contribution < -0.4 is 9.81 Å². The predicted octanol–water partition coefficient (Wildman–Crippen LogP) is 2.53. The number of hydrogen-bond donors (Lipinski definition) is 0. The molecule has 0 radical (unpaired) electrons. The first kappa shape index (κ1) is 23.4. The molecule has 0 saturated carbocycles. The van der Waals surface area contributed by atoms with Gasteiger partial charge in [0.25, 0.3) is 0 Å². The fourth-order valence-corrected chi connectivity index (χ4v) is 5.96. The summed E-state index contributed by atoms with van der Waals surface area (Å²) < 4.78 is 67.8. The topological polar surface area (TPSA) is 120 Å². The number of fused-ring (bicyclic) bond motifs is 1. The van der Waals surface area contributed by atoms with Crippen molar-refractivity contribution in [3.8, 4) is 5.75 Å². The van der Waals surface area contributed by atoms with Crippen molar-refractivity contribution in [2.24, 2.45) is 0 Å². The van der Waals surface area contributed by atoms with Crippen molar-refractivity contribution in [3.63, 3.8) is 0 Å². The molecule has 4 rings (SSSR count). The Morgan fingerprint density at radius 2 is 1.61 bits per heavy atom. The summed E-state index contributed by atoms with van der Waals surface area (Å²) in [6.45, 7) is 3.09. The fourth-order valence-electron chi connectivity index (χ4n) is 3.63. The van der Waals surface area contributed by atoms with E-state index in [-0.39, 0.29) is 34.2 Å². The highest BCUT2D eigenvalue weighted by Gasteiger charge is 2.27. The third kappa shape index (κ3) is 4.96. The van der Waals surface area contributed by atoms with Gasteiger partial charge in [-0.25, -0.2) is 13.2 Å². The van der Waals surface area contributed by atoms with E-state index >= 15 is 0 Å². The lowest BCUT2D eigenvalue weighted by molar-refractivity contribution is 0.0730. The zero-order valence-electron chi connectivity index (χ0n) is 17.9. The van der Waals surface area contributed by atoms with E-state index in [9.17, 15) is 21.6 Å². The largest absolute Gasteiger partial charge is 0.423 e. The lowest BCUT2D eigenvalue weighted by Gasteiger charge is -2.26. The van der Waals surface area contributed by atoms with Crippen LogP contribution in [0.25, 0.3) is 11.0 Å². The lowest BCUT2D eigenvalue weighted by atomic mass is 10.1. The lowest BCUT2D eigenvalue weighted by Crippen LogP contribution is -2.40. The maximum Gasteiger partial charge on any atom is 0.339 e. The van der Waals surface area contributed by atoms with E-state index in [2.05, 4.69) is 0 Å². The molecular weight excluding hydrogens is 470 g/mol. The third-order valence-corrected chi connectivity index (χ3v) is 8.42. The van der Waals surface area contributed by atoms with Gasteiger partial charge in [-0.2, -0.15) is 12.7 Å². The monoisotopic (exact) mass is 493 g/mol. The van der Waals surface area contributed by atoms with Gasteiger partial charge in [-0.15, -0.1) is 0 Å². The normalized spacial score (nSPS) is 15.5. The van der Waals surface area contributed by atoms with E-state index in [0.717, 1.165) is 12.0 Å². The maximum absolute atomic E-state index is 12.7. The van der Waals surface area contributed by atoms with Crippen LogP contribution in [0.2, 0.25) is 0 Å². The molecule has 2 aromatic carbocycles. The standard InChI is InChI=1S/C22H23NO8S2/c1-2-3-16-14-22(24)30-21-15-17(4-9-20(16)21)31-33(27,28)19-7-5-18(6-8-19)32(25,26)23-10-12-29-13-11-23/h4-9,14-15H,2-3,10-13H2,1H3. The van der Waals surface area contributed by atoms with Crippen LogP contribution in [0.1, 0.15) is 18.9 Å². The maximum atomic E-state index is 12.7. The Morgan fingerprint density at radius 1 is 0.939 bits per heavy atom. The Kier molecular flexibility index (Phi) is 6.57. The molecule has 0 bridgehead atoms. The van der Waals surface area contributed by atoms with E-state index in [1.54, 1.807) is 6.07 Å². The average molecular weight is 494 g/mol. The second-order valence-electron chi connectivity index (χ2n) is 7.52. The van der Waals surface area contributed by atoms with Crippen molar-refractivity contribution >= 4 is 31.1 Å². The molecule has 176 valence electrons. The minimum absolute atomic E-state index is 0.0146. The van der Waals surface area contributed by atoms with E-state index in [1.807, 2.05) is 6.92 Å². The molecule has 1 saturated heterocycles. The summed E-state index contributed by atoms with van der Waals surface area (Å²) in [5.74, 6) is -0.0238. The van der Waals surface area contributed by atoms with Crippen LogP contribution in [0.4, 0.5) is 0 Å². The van der Waals surface area contributed by atoms with Crippen LogP contribution in [-0.4, -0.2) is 47.4 Å². The molecule has 1 aromatic heterocycles. The van der Waals surface area contributed by atoms with E-state index < -0.39 is 25.8 Å². The summed E-state index contributed by atoms with van der Waals surface area (Å²) in [6, 6.07) is 10.7. The van der Waals surface area contributed by atoms with Gasteiger partial charge in [-0.1, -0.05) is 13.3 Å². The predicted molar refractivity (Wildman–Crippen MR) is 120 cm³/mol. The molecule has 1 aliphatic heterocycles. The van der Waals surface area contributed by atoms with Gasteiger partial charge in [0, 0.05) is 30.6 Å². The zero-order chi connectivity index (χ0) is 23.6. The summed E-state index contributed by atoms with van der Waals surface area (Å²) in [5.41, 5.74) is 0.517. The highest BCUT2D eigenvalue weighted by atomic mass is 32.2. The number of aryl methyl sites for hydroxylation is 1. The van der Waals surface area contributed by atoms with Crippen LogP contribution in [0.15, 0.2) is 67.5 Å². The summed E-state index contributed by atoms with van der Waals surface area (Å²) in [4.78, 5) is 11.6. The Labute approximate surface area is 191 Å². The second-order valence-corrected chi connectivity index (χ2v) is 11.0. The summed E-state index contributed by atoms with van der Waals surface area (Å²) in [6.07, 6.45) is 1.52. The molecule has 2 heterocycles. The zero-order valence-corrected chi connectivity index (χ0v) is 19.5. The minimum Gasteiger partial charge on any atom is -0.423 e. The van der Waals surface area contributed by atoms with E-state index in [0.29, 0.717) is 25.0 Å². The number of rotatable bonds is 7. The molecule has 11 heteroatoms. The third-order valence-electron chi connectivity index (χ3n) is 5.25. The van der Waals surface area contributed by atoms with Gasteiger partial charge in [-0.05, 0) is 48.4 Å². The summed E-state index contributed by atoms with van der Waals surface area (Å²) >= 11 is 0. The van der Waals surface area contributed by atoms with Gasteiger partial charge in [0.1, 0.15) is 16.2 Å². The van der Waals surface area contributed by atoms with Crippen molar-refractivity contribution in [2.75, 3.05) is 26.3 Å². The van der Waals surface area contributed by atoms with Crippen LogP contribution in [-0.2, 0) is 31.3 Å². The van der Waals surface area contributed by atoms with Crippen molar-refractivity contribution < 1.29 is 30.2 Å². The molecular formula is C22H23NO8S2. The molecule has 3 aromatic rings. The number of nitrogens with zero attached hydrogens (tertiary/aromatic N) is 1. The molecule has 0 unspecified atom stereocenters. The van der Waals surface area contributed by atoms with Crippen LogP contribution in [0.5, 0.6) is 5.75 Å². The first-order chi connectivity index (χ1) is 15.7. The Hall–Kier alpha value is -2.73. The quantitative estimate of drug-likeness (QED) is 0.364. The Balaban J connectivity index is 1.59. The van der Waals surface area contributed by atoms with Crippen molar-refractivity contribution in [1.29, 1.82) is 0 Å². The van der Waals surface area contributed by atoms with Crippen LogP contribution >= 0.6 is 0 Å². The molecule has 0 aliphatic carbocycles. The van der Waals surface area contributed by atoms with Crippen molar-refractivity contribution in [3.05, 3.63) is 64.5 Å². The number of morpholine rings is 1. The SMILES string of the molecule is CCCc1cc(=O)oc2cc(OS(=O)(=O)c3ccc(S(=O)(=O)N4CCOCC4)cc3)ccc12. The van der Waals surface area contributed by atoms with Gasteiger partial charge in [0.2, 0.25) is 10.0 Å². The van der Waals surface area contributed by atoms with E-state index in [1.165, 1.54) is 46.8 Å². The van der Waals surface area contributed by atoms with Gasteiger partial charge in [0.05, 0.1) is 18.1 Å². The highest BCUT2D eigenvalue weighted by Crippen LogP contribution is 2.27. The Bertz CT molecular complexity index is 1420. The van der Waals surface area contributed by atoms with Gasteiger partial charge < -0.3 is 13.3 Å². The molecule has 0 amide bonds. The molecule has 1 aliphatic rings. The number of sulfonamides is 1. The first-order valence-electron chi connectivity index (χ1n) is 10.4. The molecule has 33 heavy (non-hydrogen) atoms. The summed E-state index contributed by atoms with van der Waals surface area (Å²) in [7, 11) is -7.99. The molecule has 9 nitrogen and oxygen atoms in total. The molecule has 0 spiro atoms. The Morgan fingerprint density at radius 3 is 2.27 bits per heavy atom. The summed E-state index contributed by atoms with van der Waals surface area (Å²) in [5, 5.41) is 0.707. The minimum atomic E-state index is -4.25. The number of benzene rings is 2. The van der Waals surface area contributed by atoms with E-state index in [4.69, 9.17) is 13.3 Å². The smallest absolute Gasteiger partial charge is 0.339 e. The molecule has 1 fully saturated rings. The molecule has 0 atom stereocenters. The van der Waals surface area contributed by atoms with Crippen molar-refractivity contribution in [2.45, 2.75) is 29.6 Å². The first-order valence-corrected chi connectivity index (χ1v) is 13.2. The van der Waals surface area contributed by atoms with Crippen LogP contribution in [0.3, 0.4) is 0 Å². The van der Waals surface area contributed by atoms with Crippen LogP contribution in [0, 0.1) is 0 Å². The van der Waals surface area contributed by atoms with Gasteiger partial charge >= 0.3 is 15.7 Å². The van der Waals surface area contributed by atoms with Gasteiger partial charge in [-0.3, -0.25) is 0 Å². The highest BCUT2D eigenvalue weighted by molar-refractivity contribution is 7.89. The fraction of sp³-hybridized carbons (Fsp3) is 0.318. The number of hydrogen-bond acceptors (Lipinski definition) is 8. The number of ether oxygens (including phenoxy) is 1. The molecule has 0 N–H and O–H groups in total. The average Bonchev–Trinajstić information content (AvgIpc) is 2.79. The second kappa shape index (κ2) is 9.26. The van der Waals surface area contributed by atoms with Crippen molar-refractivity contribution in [1.82, 2.24) is 4.31 Å².